The van der Waals surface area contributed by atoms with Crippen LogP contribution in [0.1, 0.15) is 45.6 Å². The Balaban J connectivity index is 3.10. The van der Waals surface area contributed by atoms with Gasteiger partial charge in [0.2, 0.25) is 5.70 Å². The number of benzene rings is 1. The molecule has 1 aromatic carbocycles. The number of carbonyl (C=O) groups excluding carboxylic acids is 1. The Morgan fingerprint density at radius 3 is 2.57 bits per heavy atom. The van der Waals surface area contributed by atoms with Crippen molar-refractivity contribution in [3.63, 3.8) is 0 Å². The molecule has 1 aromatic rings. The number of rotatable bonds is 7. The predicted molar refractivity (Wildman–Crippen MR) is 85.2 cm³/mol. The van der Waals surface area contributed by atoms with E-state index in [1.54, 1.807) is 31.2 Å². The summed E-state index contributed by atoms with van der Waals surface area (Å²) < 4.78 is 0. The summed E-state index contributed by atoms with van der Waals surface area (Å²) in [4.78, 5) is 11.8. The highest BCUT2D eigenvalue weighted by Crippen LogP contribution is 2.20. The average Bonchev–Trinajstić information content (AvgIpc) is 2.44. The quantitative estimate of drug-likeness (QED) is 0.314. The van der Waals surface area contributed by atoms with Crippen LogP contribution in [-0.2, 0) is 4.79 Å². The minimum absolute atomic E-state index is 0.139. The van der Waals surface area contributed by atoms with Crippen molar-refractivity contribution in [1.29, 1.82) is 0 Å². The Morgan fingerprint density at radius 2 is 2.05 bits per heavy atom. The Kier molecular flexibility index (Phi) is 7.09. The van der Waals surface area contributed by atoms with Crippen LogP contribution in [0.15, 0.2) is 35.5 Å². The highest BCUT2D eigenvalue weighted by atomic mass is 35.5. The van der Waals surface area contributed by atoms with E-state index in [2.05, 4.69) is 12.0 Å². The molecule has 0 radical (unpaired) electrons. The van der Waals surface area contributed by atoms with Gasteiger partial charge in [0.05, 0.1) is 0 Å². The van der Waals surface area contributed by atoms with E-state index in [1.807, 2.05) is 6.08 Å². The smallest absolute Gasteiger partial charge is 0.247 e. The van der Waals surface area contributed by atoms with Crippen molar-refractivity contribution in [2.75, 3.05) is 0 Å². The van der Waals surface area contributed by atoms with Crippen molar-refractivity contribution in [2.45, 2.75) is 46.1 Å². The van der Waals surface area contributed by atoms with E-state index in [0.29, 0.717) is 15.6 Å². The standard InChI is InChI=1S/C16H21ClN2O2/c1-4-5-6-7-16(14-8-10-15(17)11-9-14)19(21)18-12(2)13(3)20/h7-12H,4-6H2,1-3H3/b16-7-,19-18?/t12-/m0/s1. The third kappa shape index (κ3) is 5.68. The molecule has 0 aliphatic heterocycles. The molecule has 1 atom stereocenters. The van der Waals surface area contributed by atoms with E-state index in [4.69, 9.17) is 11.6 Å². The highest BCUT2D eigenvalue weighted by molar-refractivity contribution is 6.30. The summed E-state index contributed by atoms with van der Waals surface area (Å²) in [6.07, 6.45) is 4.69. The van der Waals surface area contributed by atoms with E-state index < -0.39 is 6.04 Å². The lowest BCUT2D eigenvalue weighted by molar-refractivity contribution is -0.435. The molecule has 0 spiro atoms. The molecule has 0 fully saturated rings. The maximum atomic E-state index is 12.2. The number of hydrogen-bond acceptors (Lipinski definition) is 3. The number of carbonyl (C=O) groups is 1. The van der Waals surface area contributed by atoms with Crippen molar-refractivity contribution in [1.82, 2.24) is 0 Å². The Morgan fingerprint density at radius 1 is 1.43 bits per heavy atom. The van der Waals surface area contributed by atoms with Crippen LogP contribution >= 0.6 is 11.6 Å². The summed E-state index contributed by atoms with van der Waals surface area (Å²) in [6, 6.07) is 6.36. The van der Waals surface area contributed by atoms with Gasteiger partial charge in [0.15, 0.2) is 11.8 Å². The molecular weight excluding hydrogens is 288 g/mol. The molecule has 21 heavy (non-hydrogen) atoms. The van der Waals surface area contributed by atoms with Gasteiger partial charge in [-0.05, 0) is 62.1 Å². The van der Waals surface area contributed by atoms with Crippen LogP contribution in [0.2, 0.25) is 5.02 Å². The summed E-state index contributed by atoms with van der Waals surface area (Å²) in [5.41, 5.74) is 1.19. The molecule has 0 amide bonds. The summed E-state index contributed by atoms with van der Waals surface area (Å²) in [5.74, 6) is -0.139. The van der Waals surface area contributed by atoms with Crippen molar-refractivity contribution in [3.05, 3.63) is 46.1 Å². The zero-order chi connectivity index (χ0) is 15.8. The molecular formula is C16H21ClN2O2. The molecule has 0 heterocycles. The second-order valence-electron chi connectivity index (χ2n) is 4.91. The third-order valence-corrected chi connectivity index (χ3v) is 3.36. The van der Waals surface area contributed by atoms with Crippen LogP contribution in [0, 0.1) is 5.21 Å². The molecule has 0 saturated heterocycles. The largest absolute Gasteiger partial charge is 0.594 e. The number of ketones is 1. The van der Waals surface area contributed by atoms with E-state index in [9.17, 15) is 10.0 Å². The fraction of sp³-hybridized carbons (Fsp3) is 0.438. The topological polar surface area (TPSA) is 55.5 Å². The number of hydroxylamine groups is 1. The fourth-order valence-corrected chi connectivity index (χ4v) is 1.80. The Labute approximate surface area is 130 Å². The molecule has 5 heteroatoms. The van der Waals surface area contributed by atoms with E-state index >= 15 is 0 Å². The lowest BCUT2D eigenvalue weighted by Crippen LogP contribution is -2.14. The van der Waals surface area contributed by atoms with Gasteiger partial charge >= 0.3 is 0 Å². The lowest BCUT2D eigenvalue weighted by Gasteiger charge is -2.07. The molecule has 114 valence electrons. The second kappa shape index (κ2) is 8.57. The van der Waals surface area contributed by atoms with Gasteiger partial charge in [-0.3, -0.25) is 4.79 Å². The van der Waals surface area contributed by atoms with Crippen LogP contribution in [0.25, 0.3) is 5.70 Å². The minimum atomic E-state index is -0.649. The molecule has 0 unspecified atom stereocenters. The second-order valence-corrected chi connectivity index (χ2v) is 5.35. The van der Waals surface area contributed by atoms with Gasteiger partial charge in [-0.25, -0.2) is 0 Å². The van der Waals surface area contributed by atoms with Gasteiger partial charge in [-0.15, -0.1) is 0 Å². The van der Waals surface area contributed by atoms with Gasteiger partial charge < -0.3 is 5.21 Å². The van der Waals surface area contributed by atoms with Crippen LogP contribution in [0.5, 0.6) is 0 Å². The summed E-state index contributed by atoms with van der Waals surface area (Å²) in [6.45, 7) is 5.12. The van der Waals surface area contributed by atoms with Gasteiger partial charge in [0.25, 0.3) is 0 Å². The van der Waals surface area contributed by atoms with E-state index in [1.165, 1.54) is 6.92 Å². The van der Waals surface area contributed by atoms with Crippen molar-refractivity contribution >= 4 is 23.1 Å². The number of halogens is 1. The van der Waals surface area contributed by atoms with Crippen molar-refractivity contribution in [3.8, 4) is 0 Å². The fourth-order valence-electron chi connectivity index (χ4n) is 1.67. The van der Waals surface area contributed by atoms with E-state index in [-0.39, 0.29) is 5.78 Å². The average molecular weight is 309 g/mol. The molecule has 0 aromatic heterocycles. The SMILES string of the molecule is CCCC/C=C(/c1ccc(Cl)cc1)[N+]([O-])=N[C@@H](C)C(C)=O. The first kappa shape index (κ1) is 17.4. The molecule has 1 rings (SSSR count). The van der Waals surface area contributed by atoms with Gasteiger partial charge in [0, 0.05) is 10.6 Å². The van der Waals surface area contributed by atoms with Crippen molar-refractivity contribution < 1.29 is 9.66 Å². The van der Waals surface area contributed by atoms with Crippen LogP contribution in [-0.4, -0.2) is 16.7 Å². The Hall–Kier alpha value is -1.68. The zero-order valence-electron chi connectivity index (χ0n) is 12.7. The summed E-state index contributed by atoms with van der Waals surface area (Å²) in [5, 5.41) is 16.7. The first-order valence-electron chi connectivity index (χ1n) is 7.10. The van der Waals surface area contributed by atoms with Crippen LogP contribution < -0.4 is 0 Å². The van der Waals surface area contributed by atoms with Crippen molar-refractivity contribution in [2.24, 2.45) is 5.11 Å². The van der Waals surface area contributed by atoms with Gasteiger partial charge in [-0.1, -0.05) is 29.8 Å². The monoisotopic (exact) mass is 308 g/mol. The Bertz CT molecular complexity index is 536. The minimum Gasteiger partial charge on any atom is -0.594 e. The number of unbranched alkanes of at least 4 members (excludes halogenated alkanes) is 2. The van der Waals surface area contributed by atoms with Crippen LogP contribution in [0.3, 0.4) is 0 Å². The first-order chi connectivity index (χ1) is 9.95. The van der Waals surface area contributed by atoms with Gasteiger partial charge in [-0.2, -0.15) is 0 Å². The molecule has 0 N–H and O–H groups in total. The van der Waals surface area contributed by atoms with Gasteiger partial charge in [0.1, 0.15) is 0 Å². The normalized spacial score (nSPS) is 14.1. The first-order valence-corrected chi connectivity index (χ1v) is 7.48. The number of hydrogen-bond donors (Lipinski definition) is 0. The maximum Gasteiger partial charge on any atom is 0.247 e. The number of Topliss-reactive ketones (excluding diaryl/α,β-unsaturated/α-hetero) is 1. The molecule has 4 nitrogen and oxygen atoms in total. The number of nitrogens with zero attached hydrogens (tertiary/aromatic N) is 2. The molecule has 0 aliphatic carbocycles. The highest BCUT2D eigenvalue weighted by Gasteiger charge is 2.16. The lowest BCUT2D eigenvalue weighted by atomic mass is 10.1. The molecule has 0 aliphatic rings. The zero-order valence-corrected chi connectivity index (χ0v) is 13.4. The number of allylic oxidation sites excluding steroid dienone is 1. The third-order valence-electron chi connectivity index (χ3n) is 3.11. The summed E-state index contributed by atoms with van der Waals surface area (Å²) >= 11 is 5.87. The van der Waals surface area contributed by atoms with E-state index in [0.717, 1.165) is 24.8 Å². The summed E-state index contributed by atoms with van der Waals surface area (Å²) in [7, 11) is 0. The molecule has 0 bridgehead atoms. The maximum absolute atomic E-state index is 12.2. The number of azo groups is 1. The molecule has 0 saturated carbocycles. The predicted octanol–water partition coefficient (Wildman–Crippen LogP) is 4.81. The van der Waals surface area contributed by atoms with Crippen LogP contribution in [0.4, 0.5) is 0 Å².